The Bertz CT molecular complexity index is 605. The second kappa shape index (κ2) is 5.92. The Hall–Kier alpha value is -0.770. The molecule has 0 amide bonds. The molecule has 3 nitrogen and oxygen atoms in total. The van der Waals surface area contributed by atoms with Gasteiger partial charge in [-0.25, -0.2) is 4.98 Å². The highest BCUT2D eigenvalue weighted by atomic mass is 35.5. The van der Waals surface area contributed by atoms with Crippen LogP contribution in [-0.2, 0) is 10.6 Å². The molecule has 1 unspecified atom stereocenters. The van der Waals surface area contributed by atoms with E-state index < -0.39 is 0 Å². The van der Waals surface area contributed by atoms with Crippen molar-refractivity contribution in [2.75, 3.05) is 13.2 Å². The van der Waals surface area contributed by atoms with Crippen LogP contribution in [-0.4, -0.2) is 22.8 Å². The number of hydrogen-bond acceptors (Lipinski definition) is 2. The van der Waals surface area contributed by atoms with Crippen LogP contribution in [0.1, 0.15) is 31.6 Å². The van der Waals surface area contributed by atoms with Gasteiger partial charge in [-0.15, -0.1) is 11.6 Å². The van der Waals surface area contributed by atoms with Gasteiger partial charge in [0.2, 0.25) is 0 Å². The zero-order valence-electron chi connectivity index (χ0n) is 11.5. The SMILES string of the molecule is CC(C1CCOCC1)n1c(CCl)nc2c(Cl)cccc21. The number of aromatic nitrogens is 2. The Kier molecular flexibility index (Phi) is 4.20. The van der Waals surface area contributed by atoms with E-state index in [1.165, 1.54) is 0 Å². The summed E-state index contributed by atoms with van der Waals surface area (Å²) in [4.78, 5) is 4.61. The van der Waals surface area contributed by atoms with Gasteiger partial charge >= 0.3 is 0 Å². The lowest BCUT2D eigenvalue weighted by atomic mass is 9.92. The molecule has 0 radical (unpaired) electrons. The summed E-state index contributed by atoms with van der Waals surface area (Å²) in [6, 6.07) is 6.27. The second-order valence-electron chi connectivity index (χ2n) is 5.33. The van der Waals surface area contributed by atoms with Crippen LogP contribution in [0.25, 0.3) is 11.0 Å². The van der Waals surface area contributed by atoms with E-state index in [-0.39, 0.29) is 0 Å². The predicted octanol–water partition coefficient (Wildman–Crippen LogP) is 4.42. The average Bonchev–Trinajstić information content (AvgIpc) is 2.87. The quantitative estimate of drug-likeness (QED) is 0.785. The zero-order chi connectivity index (χ0) is 14.1. The minimum atomic E-state index is 0.358. The molecule has 108 valence electrons. The maximum Gasteiger partial charge on any atom is 0.125 e. The molecule has 0 N–H and O–H groups in total. The Labute approximate surface area is 128 Å². The lowest BCUT2D eigenvalue weighted by molar-refractivity contribution is 0.0516. The minimum absolute atomic E-state index is 0.358. The van der Waals surface area contributed by atoms with Crippen molar-refractivity contribution in [2.24, 2.45) is 5.92 Å². The van der Waals surface area contributed by atoms with Crippen LogP contribution in [0.3, 0.4) is 0 Å². The number of alkyl halides is 1. The number of para-hydroxylation sites is 1. The summed E-state index contributed by atoms with van der Waals surface area (Å²) in [7, 11) is 0. The third-order valence-electron chi connectivity index (χ3n) is 4.22. The van der Waals surface area contributed by atoms with E-state index in [2.05, 4.69) is 22.5 Å². The second-order valence-corrected chi connectivity index (χ2v) is 6.00. The smallest absolute Gasteiger partial charge is 0.125 e. The van der Waals surface area contributed by atoms with Gasteiger partial charge in [0.25, 0.3) is 0 Å². The number of halogens is 2. The molecular formula is C15H18Cl2N2O. The largest absolute Gasteiger partial charge is 0.381 e. The summed E-state index contributed by atoms with van der Waals surface area (Å²) >= 11 is 12.3. The van der Waals surface area contributed by atoms with Gasteiger partial charge in [0, 0.05) is 19.3 Å². The van der Waals surface area contributed by atoms with Gasteiger partial charge in [-0.3, -0.25) is 0 Å². The molecule has 0 saturated carbocycles. The Morgan fingerprint density at radius 3 is 2.85 bits per heavy atom. The molecule has 1 aromatic carbocycles. The molecule has 0 bridgehead atoms. The molecule has 1 atom stereocenters. The van der Waals surface area contributed by atoms with Crippen molar-refractivity contribution < 1.29 is 4.74 Å². The van der Waals surface area contributed by atoms with E-state index in [9.17, 15) is 0 Å². The van der Waals surface area contributed by atoms with Crippen LogP contribution in [0, 0.1) is 5.92 Å². The summed E-state index contributed by atoms with van der Waals surface area (Å²) in [5.74, 6) is 1.90. The lowest BCUT2D eigenvalue weighted by Crippen LogP contribution is -2.25. The molecule has 0 spiro atoms. The molecule has 1 aromatic heterocycles. The fraction of sp³-hybridized carbons (Fsp3) is 0.533. The number of fused-ring (bicyclic) bond motifs is 1. The molecule has 2 heterocycles. The first-order valence-electron chi connectivity index (χ1n) is 7.01. The molecule has 1 aliphatic rings. The fourth-order valence-electron chi connectivity index (χ4n) is 3.09. The van der Waals surface area contributed by atoms with Gasteiger partial charge in [-0.1, -0.05) is 17.7 Å². The molecule has 20 heavy (non-hydrogen) atoms. The normalized spacial score (nSPS) is 18.6. The van der Waals surface area contributed by atoms with Crippen molar-refractivity contribution in [1.82, 2.24) is 9.55 Å². The monoisotopic (exact) mass is 312 g/mol. The first kappa shape index (κ1) is 14.2. The van der Waals surface area contributed by atoms with Gasteiger partial charge in [0.1, 0.15) is 11.3 Å². The first-order chi connectivity index (χ1) is 9.72. The van der Waals surface area contributed by atoms with E-state index in [1.807, 2.05) is 12.1 Å². The maximum absolute atomic E-state index is 6.25. The van der Waals surface area contributed by atoms with Crippen LogP contribution in [0.15, 0.2) is 18.2 Å². The number of rotatable bonds is 3. The third-order valence-corrected chi connectivity index (χ3v) is 4.76. The zero-order valence-corrected chi connectivity index (χ0v) is 13.0. The van der Waals surface area contributed by atoms with Crippen LogP contribution < -0.4 is 0 Å². The van der Waals surface area contributed by atoms with E-state index >= 15 is 0 Å². The van der Waals surface area contributed by atoms with E-state index in [0.717, 1.165) is 42.9 Å². The highest BCUT2D eigenvalue weighted by Gasteiger charge is 2.25. The van der Waals surface area contributed by atoms with Gasteiger partial charge in [0.15, 0.2) is 0 Å². The van der Waals surface area contributed by atoms with Crippen molar-refractivity contribution in [3.63, 3.8) is 0 Å². The van der Waals surface area contributed by atoms with E-state index in [4.69, 9.17) is 27.9 Å². The van der Waals surface area contributed by atoms with Crippen molar-refractivity contribution in [3.05, 3.63) is 29.0 Å². The van der Waals surface area contributed by atoms with Crippen LogP contribution in [0.4, 0.5) is 0 Å². The molecule has 3 rings (SSSR count). The molecule has 1 fully saturated rings. The third kappa shape index (κ3) is 2.43. The predicted molar refractivity (Wildman–Crippen MR) is 82.6 cm³/mol. The van der Waals surface area contributed by atoms with E-state index in [1.54, 1.807) is 0 Å². The summed E-state index contributed by atoms with van der Waals surface area (Å²) in [5, 5.41) is 0.687. The van der Waals surface area contributed by atoms with Crippen molar-refractivity contribution in [2.45, 2.75) is 31.7 Å². The van der Waals surface area contributed by atoms with Crippen molar-refractivity contribution in [1.29, 1.82) is 0 Å². The number of imidazole rings is 1. The van der Waals surface area contributed by atoms with Crippen molar-refractivity contribution in [3.8, 4) is 0 Å². The highest BCUT2D eigenvalue weighted by Crippen LogP contribution is 2.33. The summed E-state index contributed by atoms with van der Waals surface area (Å²) in [6.45, 7) is 3.94. The van der Waals surface area contributed by atoms with Gasteiger partial charge in [0.05, 0.1) is 16.4 Å². The molecule has 1 aliphatic heterocycles. The average molecular weight is 313 g/mol. The maximum atomic E-state index is 6.25. The van der Waals surface area contributed by atoms with Crippen LogP contribution in [0.5, 0.6) is 0 Å². The first-order valence-corrected chi connectivity index (χ1v) is 7.92. The van der Waals surface area contributed by atoms with Crippen LogP contribution in [0.2, 0.25) is 5.02 Å². The molecule has 1 saturated heterocycles. The Morgan fingerprint density at radius 1 is 1.40 bits per heavy atom. The molecule has 0 aliphatic carbocycles. The molecule has 5 heteroatoms. The summed E-state index contributed by atoms with van der Waals surface area (Å²) in [5.41, 5.74) is 1.93. The highest BCUT2D eigenvalue weighted by molar-refractivity contribution is 6.35. The number of hydrogen-bond donors (Lipinski definition) is 0. The topological polar surface area (TPSA) is 27.1 Å². The number of benzene rings is 1. The minimum Gasteiger partial charge on any atom is -0.381 e. The van der Waals surface area contributed by atoms with Crippen molar-refractivity contribution >= 4 is 34.2 Å². The number of nitrogens with zero attached hydrogens (tertiary/aromatic N) is 2. The summed E-state index contributed by atoms with van der Waals surface area (Å²) in [6.07, 6.45) is 2.17. The summed E-state index contributed by atoms with van der Waals surface area (Å²) < 4.78 is 7.71. The van der Waals surface area contributed by atoms with E-state index in [0.29, 0.717) is 22.9 Å². The molecule has 2 aromatic rings. The Morgan fingerprint density at radius 2 is 2.15 bits per heavy atom. The van der Waals surface area contributed by atoms with Gasteiger partial charge < -0.3 is 9.30 Å². The molecular weight excluding hydrogens is 295 g/mol. The number of ether oxygens (including phenoxy) is 1. The lowest BCUT2D eigenvalue weighted by Gasteiger charge is -2.30. The standard InChI is InChI=1S/C15H18Cl2N2O/c1-10(11-5-7-20-8-6-11)19-13-4-2-3-12(17)15(13)18-14(19)9-16/h2-4,10-11H,5-9H2,1H3. The van der Waals surface area contributed by atoms with Gasteiger partial charge in [-0.2, -0.15) is 0 Å². The van der Waals surface area contributed by atoms with Gasteiger partial charge in [-0.05, 0) is 37.8 Å². The fourth-order valence-corrected chi connectivity index (χ4v) is 3.49. The Balaban J connectivity index is 2.06. The van der Waals surface area contributed by atoms with Crippen LogP contribution >= 0.6 is 23.2 Å².